The summed E-state index contributed by atoms with van der Waals surface area (Å²) in [5.41, 5.74) is 0.777. The molecule has 2 amide bonds. The number of urea groups is 1. The zero-order valence-corrected chi connectivity index (χ0v) is 14.5. The average molecular weight is 352 g/mol. The summed E-state index contributed by atoms with van der Waals surface area (Å²) in [6, 6.07) is 5.33. The van der Waals surface area contributed by atoms with Crippen LogP contribution in [0.4, 0.5) is 9.18 Å². The molecule has 7 heteroatoms. The van der Waals surface area contributed by atoms with Crippen molar-refractivity contribution in [2.45, 2.75) is 50.8 Å². The first-order valence-electron chi connectivity index (χ1n) is 8.48. The molecule has 3 N–H and O–H groups in total. The van der Waals surface area contributed by atoms with Gasteiger partial charge >= 0.3 is 12.0 Å². The highest BCUT2D eigenvalue weighted by Crippen LogP contribution is 2.24. The number of carbonyl (C=O) groups is 2. The molecule has 2 rings (SSSR count). The highest BCUT2D eigenvalue weighted by molar-refractivity contribution is 5.75. The van der Waals surface area contributed by atoms with Gasteiger partial charge in [-0.1, -0.05) is 12.1 Å². The molecule has 2 atom stereocenters. The van der Waals surface area contributed by atoms with Crippen molar-refractivity contribution < 1.29 is 23.8 Å². The number of rotatable bonds is 6. The largest absolute Gasteiger partial charge is 0.481 e. The van der Waals surface area contributed by atoms with E-state index < -0.39 is 12.1 Å². The van der Waals surface area contributed by atoms with E-state index in [0.717, 1.165) is 5.56 Å². The highest BCUT2D eigenvalue weighted by atomic mass is 19.1. The molecule has 6 nitrogen and oxygen atoms in total. The maximum atomic E-state index is 13.0. The lowest BCUT2D eigenvalue weighted by molar-refractivity contribution is -0.142. The van der Waals surface area contributed by atoms with Crippen molar-refractivity contribution in [2.75, 3.05) is 7.11 Å². The van der Waals surface area contributed by atoms with E-state index in [9.17, 15) is 14.0 Å². The maximum absolute atomic E-state index is 13.0. The third kappa shape index (κ3) is 5.42. The summed E-state index contributed by atoms with van der Waals surface area (Å²) in [6.07, 6.45) is 2.07. The van der Waals surface area contributed by atoms with Gasteiger partial charge in [-0.15, -0.1) is 0 Å². The van der Waals surface area contributed by atoms with Gasteiger partial charge in [-0.3, -0.25) is 4.79 Å². The molecular weight excluding hydrogens is 327 g/mol. The fourth-order valence-electron chi connectivity index (χ4n) is 3.28. The first-order valence-corrected chi connectivity index (χ1v) is 8.48. The Morgan fingerprint density at radius 1 is 1.20 bits per heavy atom. The van der Waals surface area contributed by atoms with Gasteiger partial charge in [-0.2, -0.15) is 0 Å². The van der Waals surface area contributed by atoms with Crippen molar-refractivity contribution in [2.24, 2.45) is 5.92 Å². The molecule has 138 valence electrons. The van der Waals surface area contributed by atoms with Gasteiger partial charge in [0.05, 0.1) is 12.0 Å². The fraction of sp³-hybridized carbons (Fsp3) is 0.556. The lowest BCUT2D eigenvalue weighted by Crippen LogP contribution is -2.48. The summed E-state index contributed by atoms with van der Waals surface area (Å²) >= 11 is 0. The van der Waals surface area contributed by atoms with E-state index in [2.05, 4.69) is 10.6 Å². The van der Waals surface area contributed by atoms with Gasteiger partial charge in [0, 0.05) is 13.2 Å². The number of ether oxygens (including phenoxy) is 1. The van der Waals surface area contributed by atoms with Crippen LogP contribution in [0.1, 0.15) is 44.3 Å². The van der Waals surface area contributed by atoms with Gasteiger partial charge in [-0.25, -0.2) is 9.18 Å². The quantitative estimate of drug-likeness (QED) is 0.735. The molecule has 1 aromatic carbocycles. The molecule has 0 radical (unpaired) electrons. The van der Waals surface area contributed by atoms with Gasteiger partial charge < -0.3 is 20.5 Å². The lowest BCUT2D eigenvalue weighted by atomic mass is 9.86. The number of carboxylic acids is 1. The van der Waals surface area contributed by atoms with E-state index in [1.807, 2.05) is 6.92 Å². The van der Waals surface area contributed by atoms with Crippen LogP contribution in [0.5, 0.6) is 0 Å². The number of aliphatic carboxylic acids is 1. The zero-order valence-electron chi connectivity index (χ0n) is 14.5. The molecule has 2 unspecified atom stereocenters. The Bertz CT molecular complexity index is 585. The van der Waals surface area contributed by atoms with Crippen LogP contribution in [-0.4, -0.2) is 36.3 Å². The first-order chi connectivity index (χ1) is 11.9. The van der Waals surface area contributed by atoms with Gasteiger partial charge in [0.2, 0.25) is 0 Å². The summed E-state index contributed by atoms with van der Waals surface area (Å²) in [6.45, 7) is 1.82. The van der Waals surface area contributed by atoms with E-state index in [-0.39, 0.29) is 29.8 Å². The molecule has 1 aromatic rings. The van der Waals surface area contributed by atoms with Crippen molar-refractivity contribution in [3.8, 4) is 0 Å². The van der Waals surface area contributed by atoms with Gasteiger partial charge in [-0.05, 0) is 50.3 Å². The summed E-state index contributed by atoms with van der Waals surface area (Å²) in [5, 5.41) is 14.7. The van der Waals surface area contributed by atoms with E-state index >= 15 is 0 Å². The number of benzene rings is 1. The van der Waals surface area contributed by atoms with E-state index in [0.29, 0.717) is 25.7 Å². The van der Waals surface area contributed by atoms with Crippen molar-refractivity contribution in [1.29, 1.82) is 0 Å². The Morgan fingerprint density at radius 2 is 1.80 bits per heavy atom. The van der Waals surface area contributed by atoms with Gasteiger partial charge in [0.25, 0.3) is 0 Å². The Hall–Kier alpha value is -2.15. The Kier molecular flexibility index (Phi) is 6.75. The summed E-state index contributed by atoms with van der Waals surface area (Å²) in [4.78, 5) is 23.1. The SMILES string of the molecule is COC(c1ccc(F)cc1)C(C)NC(=O)NC1CCC(C(=O)O)CC1. The number of carboxylic acid groups (broad SMARTS) is 1. The number of amides is 2. The average Bonchev–Trinajstić information content (AvgIpc) is 2.57. The summed E-state index contributed by atoms with van der Waals surface area (Å²) in [5.74, 6) is -1.40. The molecule has 1 fully saturated rings. The number of halogens is 1. The molecule has 1 saturated carbocycles. The standard InChI is InChI=1S/C18H25FN2O4/c1-11(16(25-2)12-3-7-14(19)8-4-12)20-18(24)21-15-9-5-13(6-10-15)17(22)23/h3-4,7-8,11,13,15-16H,5-6,9-10H2,1-2H3,(H,22,23)(H2,20,21,24). The van der Waals surface area contributed by atoms with Crippen LogP contribution in [0.15, 0.2) is 24.3 Å². The predicted molar refractivity (Wildman–Crippen MR) is 90.7 cm³/mol. The Balaban J connectivity index is 1.84. The molecule has 0 aromatic heterocycles. The van der Waals surface area contributed by atoms with Crippen LogP contribution in [0, 0.1) is 11.7 Å². The molecule has 0 aliphatic heterocycles. The van der Waals surface area contributed by atoms with Crippen LogP contribution in [0.3, 0.4) is 0 Å². The second-order valence-electron chi connectivity index (χ2n) is 6.50. The minimum Gasteiger partial charge on any atom is -0.481 e. The van der Waals surface area contributed by atoms with Crippen LogP contribution in [0.2, 0.25) is 0 Å². The van der Waals surface area contributed by atoms with Crippen LogP contribution in [0.25, 0.3) is 0 Å². The maximum Gasteiger partial charge on any atom is 0.315 e. The smallest absolute Gasteiger partial charge is 0.315 e. The third-order valence-corrected chi connectivity index (χ3v) is 4.68. The van der Waals surface area contributed by atoms with Crippen molar-refractivity contribution in [1.82, 2.24) is 10.6 Å². The van der Waals surface area contributed by atoms with Gasteiger partial charge in [0.15, 0.2) is 0 Å². The topological polar surface area (TPSA) is 87.7 Å². The van der Waals surface area contributed by atoms with E-state index in [1.54, 1.807) is 12.1 Å². The molecule has 1 aliphatic rings. The second kappa shape index (κ2) is 8.80. The molecule has 0 heterocycles. The Morgan fingerprint density at radius 3 is 2.32 bits per heavy atom. The highest BCUT2D eigenvalue weighted by Gasteiger charge is 2.27. The monoisotopic (exact) mass is 352 g/mol. The van der Waals surface area contributed by atoms with Crippen molar-refractivity contribution >= 4 is 12.0 Å². The summed E-state index contributed by atoms with van der Waals surface area (Å²) in [7, 11) is 1.54. The van der Waals surface area contributed by atoms with Crippen molar-refractivity contribution in [3.05, 3.63) is 35.6 Å². The molecule has 0 bridgehead atoms. The van der Waals surface area contributed by atoms with E-state index in [4.69, 9.17) is 9.84 Å². The van der Waals surface area contributed by atoms with Crippen LogP contribution >= 0.6 is 0 Å². The molecule has 1 aliphatic carbocycles. The second-order valence-corrected chi connectivity index (χ2v) is 6.50. The molecule has 0 saturated heterocycles. The first kappa shape index (κ1) is 19.2. The molecule has 25 heavy (non-hydrogen) atoms. The molecular formula is C18H25FN2O4. The normalized spacial score (nSPS) is 22.7. The number of hydrogen-bond acceptors (Lipinski definition) is 3. The number of hydrogen-bond donors (Lipinski definition) is 3. The third-order valence-electron chi connectivity index (χ3n) is 4.68. The number of nitrogens with one attached hydrogen (secondary N) is 2. The zero-order chi connectivity index (χ0) is 18.4. The lowest BCUT2D eigenvalue weighted by Gasteiger charge is -2.29. The van der Waals surface area contributed by atoms with Gasteiger partial charge in [0.1, 0.15) is 11.9 Å². The number of methoxy groups -OCH3 is 1. The number of carbonyl (C=O) groups excluding carboxylic acids is 1. The van der Waals surface area contributed by atoms with E-state index in [1.165, 1.54) is 19.2 Å². The van der Waals surface area contributed by atoms with Crippen LogP contribution < -0.4 is 10.6 Å². The van der Waals surface area contributed by atoms with Crippen LogP contribution in [-0.2, 0) is 9.53 Å². The Labute approximate surface area is 146 Å². The minimum atomic E-state index is -0.765. The minimum absolute atomic E-state index is 0.0189. The van der Waals surface area contributed by atoms with Crippen molar-refractivity contribution in [3.63, 3.8) is 0 Å². The predicted octanol–water partition coefficient (Wildman–Crippen LogP) is 2.84. The fourth-order valence-corrected chi connectivity index (χ4v) is 3.28. The summed E-state index contributed by atoms with van der Waals surface area (Å²) < 4.78 is 18.5. The molecule has 0 spiro atoms.